The predicted octanol–water partition coefficient (Wildman–Crippen LogP) is 2.48. The smallest absolute Gasteiger partial charge is 0.115 e. The maximum absolute atomic E-state index is 5.01. The van der Waals surface area contributed by atoms with Crippen molar-refractivity contribution in [2.75, 3.05) is 0 Å². The van der Waals surface area contributed by atoms with E-state index in [1.165, 1.54) is 0 Å². The molecule has 0 unspecified atom stereocenters. The quantitative estimate of drug-likeness (QED) is 0.543. The van der Waals surface area contributed by atoms with Gasteiger partial charge < -0.3 is 4.42 Å². The molecule has 3 heteroatoms. The van der Waals surface area contributed by atoms with Crippen molar-refractivity contribution in [3.05, 3.63) is 15.6 Å². The molecule has 0 aromatic carbocycles. The fraction of sp³-hybridized carbons (Fsp3) is 0.200. The van der Waals surface area contributed by atoms with E-state index >= 15 is 0 Å². The van der Waals surface area contributed by atoms with Gasteiger partial charge in [0.2, 0.25) is 0 Å². The van der Waals surface area contributed by atoms with Crippen LogP contribution in [0.15, 0.2) is 15.6 Å². The molecule has 8 heavy (non-hydrogen) atoms. The van der Waals surface area contributed by atoms with Crippen LogP contribution < -0.4 is 0 Å². The van der Waals surface area contributed by atoms with E-state index in [9.17, 15) is 0 Å². The molecule has 0 amide bonds. The normalized spacial score (nSPS) is 9.88. The number of halogens is 1. The molecule has 1 heterocycles. The summed E-state index contributed by atoms with van der Waals surface area (Å²) in [5.74, 6) is 0.887. The van der Waals surface area contributed by atoms with Crippen LogP contribution in [0.5, 0.6) is 0 Å². The third-order valence-corrected chi connectivity index (χ3v) is 2.67. The van der Waals surface area contributed by atoms with Crippen molar-refractivity contribution in [1.29, 1.82) is 0 Å². The first kappa shape index (κ1) is 6.48. The van der Waals surface area contributed by atoms with Crippen LogP contribution in [0.4, 0.5) is 0 Å². The molecule has 0 saturated carbocycles. The third-order valence-electron chi connectivity index (χ3n) is 0.899. The van der Waals surface area contributed by atoms with E-state index in [4.69, 9.17) is 4.42 Å². The maximum Gasteiger partial charge on any atom is 0.115 e. The molecular formula is C5H5IOS. The first-order valence-electron chi connectivity index (χ1n) is 2.14. The summed E-state index contributed by atoms with van der Waals surface area (Å²) < 4.78 is 6.08. The Labute approximate surface area is 67.0 Å². The van der Waals surface area contributed by atoms with Gasteiger partial charge in [-0.2, -0.15) is 0 Å². The topological polar surface area (TPSA) is 13.1 Å². The molecule has 1 nitrogen and oxygen atoms in total. The highest BCUT2D eigenvalue weighted by molar-refractivity contribution is 14.1. The number of aryl methyl sites for hydroxylation is 1. The largest absolute Gasteiger partial charge is 0.467 e. The zero-order valence-corrected chi connectivity index (χ0v) is 7.36. The fourth-order valence-corrected chi connectivity index (χ4v) is 1.03. The Morgan fingerprint density at radius 2 is 2.38 bits per heavy atom. The molecule has 44 valence electrons. The molecule has 1 aromatic heterocycles. The summed E-state index contributed by atoms with van der Waals surface area (Å²) in [6.07, 6.45) is 1.69. The van der Waals surface area contributed by atoms with Gasteiger partial charge in [-0.05, 0) is 29.5 Å². The van der Waals surface area contributed by atoms with Crippen molar-refractivity contribution < 1.29 is 4.42 Å². The van der Waals surface area contributed by atoms with Crippen molar-refractivity contribution in [2.45, 2.75) is 11.8 Å². The molecule has 0 aliphatic heterocycles. The lowest BCUT2D eigenvalue weighted by Gasteiger charge is -1.81. The lowest BCUT2D eigenvalue weighted by atomic mass is 10.5. The molecule has 1 rings (SSSR count). The van der Waals surface area contributed by atoms with E-state index in [1.807, 2.05) is 6.92 Å². The van der Waals surface area contributed by atoms with Crippen LogP contribution in [-0.2, 0) is 0 Å². The van der Waals surface area contributed by atoms with Gasteiger partial charge in [-0.3, -0.25) is 0 Å². The summed E-state index contributed by atoms with van der Waals surface area (Å²) in [7, 11) is 0. The van der Waals surface area contributed by atoms with Crippen molar-refractivity contribution >= 4 is 35.2 Å². The lowest BCUT2D eigenvalue weighted by Crippen LogP contribution is -1.64. The van der Waals surface area contributed by atoms with E-state index in [2.05, 4.69) is 35.2 Å². The minimum atomic E-state index is 0.887. The molecule has 0 aliphatic carbocycles. The van der Waals surface area contributed by atoms with Crippen molar-refractivity contribution in [2.24, 2.45) is 0 Å². The SMILES string of the molecule is Cc1occ(I)c1S. The molecule has 0 bridgehead atoms. The summed E-state index contributed by atoms with van der Waals surface area (Å²) in [4.78, 5) is 0.950. The van der Waals surface area contributed by atoms with Crippen LogP contribution in [0.2, 0.25) is 0 Å². The Balaban J connectivity index is 3.19. The van der Waals surface area contributed by atoms with Gasteiger partial charge in [-0.25, -0.2) is 0 Å². The van der Waals surface area contributed by atoms with Crippen LogP contribution in [0.25, 0.3) is 0 Å². The van der Waals surface area contributed by atoms with E-state index in [0.29, 0.717) is 0 Å². The summed E-state index contributed by atoms with van der Waals surface area (Å²) in [5, 5.41) is 0. The summed E-state index contributed by atoms with van der Waals surface area (Å²) in [5.41, 5.74) is 0. The number of hydrogen-bond donors (Lipinski definition) is 1. The molecule has 0 N–H and O–H groups in total. The van der Waals surface area contributed by atoms with Crippen molar-refractivity contribution in [3.8, 4) is 0 Å². The maximum atomic E-state index is 5.01. The Morgan fingerprint density at radius 3 is 2.50 bits per heavy atom. The van der Waals surface area contributed by atoms with Crippen molar-refractivity contribution in [3.63, 3.8) is 0 Å². The molecular weight excluding hydrogens is 235 g/mol. The van der Waals surface area contributed by atoms with Crippen LogP contribution in [0.1, 0.15) is 5.76 Å². The van der Waals surface area contributed by atoms with E-state index in [-0.39, 0.29) is 0 Å². The van der Waals surface area contributed by atoms with Gasteiger partial charge in [0.25, 0.3) is 0 Å². The summed E-state index contributed by atoms with van der Waals surface area (Å²) >= 11 is 6.34. The highest BCUT2D eigenvalue weighted by atomic mass is 127. The molecule has 0 saturated heterocycles. The van der Waals surface area contributed by atoms with Crippen molar-refractivity contribution in [1.82, 2.24) is 0 Å². The van der Waals surface area contributed by atoms with Gasteiger partial charge in [0.1, 0.15) is 12.0 Å². The molecule has 0 atom stereocenters. The second-order valence-corrected chi connectivity index (χ2v) is 3.10. The first-order valence-corrected chi connectivity index (χ1v) is 3.67. The Hall–Kier alpha value is 0.360. The monoisotopic (exact) mass is 240 g/mol. The zero-order chi connectivity index (χ0) is 6.15. The summed E-state index contributed by atoms with van der Waals surface area (Å²) in [6.45, 7) is 1.89. The Kier molecular flexibility index (Phi) is 1.87. The number of furan rings is 1. The molecule has 0 aliphatic rings. The minimum Gasteiger partial charge on any atom is -0.467 e. The predicted molar refractivity (Wildman–Crippen MR) is 43.4 cm³/mol. The molecule has 0 fully saturated rings. The third kappa shape index (κ3) is 1.02. The van der Waals surface area contributed by atoms with Crippen LogP contribution in [0.3, 0.4) is 0 Å². The van der Waals surface area contributed by atoms with Gasteiger partial charge >= 0.3 is 0 Å². The van der Waals surface area contributed by atoms with E-state index in [1.54, 1.807) is 6.26 Å². The number of hydrogen-bond acceptors (Lipinski definition) is 2. The standard InChI is InChI=1S/C5H5IOS/c1-3-5(8)4(6)2-7-3/h2,8H,1H3. The van der Waals surface area contributed by atoms with E-state index < -0.39 is 0 Å². The fourth-order valence-electron chi connectivity index (χ4n) is 0.420. The summed E-state index contributed by atoms with van der Waals surface area (Å²) in [6, 6.07) is 0. The highest BCUT2D eigenvalue weighted by Crippen LogP contribution is 2.21. The van der Waals surface area contributed by atoms with Crippen LogP contribution in [-0.4, -0.2) is 0 Å². The van der Waals surface area contributed by atoms with Gasteiger partial charge in [-0.1, -0.05) is 0 Å². The molecule has 0 radical (unpaired) electrons. The highest BCUT2D eigenvalue weighted by Gasteiger charge is 2.00. The van der Waals surface area contributed by atoms with Crippen LogP contribution >= 0.6 is 35.2 Å². The van der Waals surface area contributed by atoms with Gasteiger partial charge in [0.15, 0.2) is 0 Å². The second-order valence-electron chi connectivity index (χ2n) is 1.49. The van der Waals surface area contributed by atoms with Gasteiger partial charge in [0, 0.05) is 0 Å². The Morgan fingerprint density at radius 1 is 1.75 bits per heavy atom. The Bertz CT molecular complexity index is 175. The first-order chi connectivity index (χ1) is 3.72. The van der Waals surface area contributed by atoms with Gasteiger partial charge in [-0.15, -0.1) is 12.6 Å². The average Bonchev–Trinajstić information content (AvgIpc) is 1.98. The van der Waals surface area contributed by atoms with E-state index in [0.717, 1.165) is 14.2 Å². The van der Waals surface area contributed by atoms with Crippen LogP contribution in [0, 0.1) is 10.5 Å². The second kappa shape index (κ2) is 2.31. The number of rotatable bonds is 0. The molecule has 1 aromatic rings. The average molecular weight is 240 g/mol. The van der Waals surface area contributed by atoms with Gasteiger partial charge in [0.05, 0.1) is 8.47 Å². The zero-order valence-electron chi connectivity index (χ0n) is 4.31. The lowest BCUT2D eigenvalue weighted by molar-refractivity contribution is 0.526. The minimum absolute atomic E-state index is 0.887. The molecule has 0 spiro atoms. The number of thiol groups is 1.